The molecule has 0 saturated heterocycles. The van der Waals surface area contributed by atoms with Gasteiger partial charge in [-0.1, -0.05) is 19.1 Å². The van der Waals surface area contributed by atoms with Crippen molar-refractivity contribution >= 4 is 11.5 Å². The second-order valence-electron chi connectivity index (χ2n) is 4.96. The number of non-ortho nitro benzene ring substituents is 1. The predicted octanol–water partition coefficient (Wildman–Crippen LogP) is 2.85. The molecule has 0 aliphatic heterocycles. The first-order valence-electron chi connectivity index (χ1n) is 6.66. The van der Waals surface area contributed by atoms with Crippen LogP contribution in [0.1, 0.15) is 28.9 Å². The Morgan fingerprint density at radius 2 is 1.73 bits per heavy atom. The van der Waals surface area contributed by atoms with Crippen LogP contribution in [0.25, 0.3) is 0 Å². The van der Waals surface area contributed by atoms with Crippen molar-refractivity contribution in [2.45, 2.75) is 13.0 Å². The molecule has 114 valence electrons. The maximum absolute atomic E-state index is 12.3. The van der Waals surface area contributed by atoms with Gasteiger partial charge in [0, 0.05) is 18.1 Å². The van der Waals surface area contributed by atoms with E-state index >= 15 is 0 Å². The maximum atomic E-state index is 12.3. The van der Waals surface area contributed by atoms with Crippen LogP contribution in [0.3, 0.4) is 0 Å². The highest BCUT2D eigenvalue weighted by molar-refractivity contribution is 6.00. The molecule has 2 aromatic carbocycles. The molecule has 2 atom stereocenters. The van der Waals surface area contributed by atoms with Crippen LogP contribution in [-0.2, 0) is 0 Å². The zero-order valence-electron chi connectivity index (χ0n) is 11.8. The quantitative estimate of drug-likeness (QED) is 0.502. The van der Waals surface area contributed by atoms with Gasteiger partial charge >= 0.3 is 0 Å². The van der Waals surface area contributed by atoms with Crippen LogP contribution in [-0.4, -0.2) is 20.9 Å². The summed E-state index contributed by atoms with van der Waals surface area (Å²) in [7, 11) is 0. The van der Waals surface area contributed by atoms with Gasteiger partial charge in [-0.3, -0.25) is 14.9 Å². The third-order valence-corrected chi connectivity index (χ3v) is 3.50. The molecule has 0 aliphatic rings. The van der Waals surface area contributed by atoms with Gasteiger partial charge < -0.3 is 10.2 Å². The Morgan fingerprint density at radius 3 is 2.27 bits per heavy atom. The number of carbonyl (C=O) groups excluding carboxylic acids is 1. The zero-order valence-corrected chi connectivity index (χ0v) is 11.8. The van der Waals surface area contributed by atoms with E-state index in [1.54, 1.807) is 19.1 Å². The molecule has 0 unspecified atom stereocenters. The number of hydrogen-bond acceptors (Lipinski definition) is 5. The molecule has 22 heavy (non-hydrogen) atoms. The average Bonchev–Trinajstić information content (AvgIpc) is 2.53. The Balaban J connectivity index is 2.21. The SMILES string of the molecule is C[C@@H](C(=O)c1ccccc1O)[C@H](O)c1ccc([N+](=O)[O-])cc1. The Labute approximate surface area is 126 Å². The van der Waals surface area contributed by atoms with Crippen molar-refractivity contribution < 1.29 is 19.9 Å². The molecule has 0 radical (unpaired) electrons. The van der Waals surface area contributed by atoms with Crippen LogP contribution in [0.4, 0.5) is 5.69 Å². The fraction of sp³-hybridized carbons (Fsp3) is 0.188. The molecule has 6 nitrogen and oxygen atoms in total. The molecular formula is C16H15NO5. The number of phenols is 1. The fourth-order valence-corrected chi connectivity index (χ4v) is 2.15. The largest absolute Gasteiger partial charge is 0.507 e. The lowest BCUT2D eigenvalue weighted by molar-refractivity contribution is -0.384. The molecule has 2 aromatic rings. The van der Waals surface area contributed by atoms with Gasteiger partial charge in [0.1, 0.15) is 5.75 Å². The van der Waals surface area contributed by atoms with Crippen LogP contribution in [0.2, 0.25) is 0 Å². The molecule has 0 bridgehead atoms. The number of carbonyl (C=O) groups is 1. The number of rotatable bonds is 5. The van der Waals surface area contributed by atoms with Gasteiger partial charge in [-0.15, -0.1) is 0 Å². The zero-order chi connectivity index (χ0) is 16.3. The number of aliphatic hydroxyl groups excluding tert-OH is 1. The Morgan fingerprint density at radius 1 is 1.14 bits per heavy atom. The summed E-state index contributed by atoms with van der Waals surface area (Å²) in [5.74, 6) is -1.34. The molecule has 2 N–H and O–H groups in total. The molecular weight excluding hydrogens is 286 g/mol. The number of nitro groups is 1. The Kier molecular flexibility index (Phi) is 4.53. The first kappa shape index (κ1) is 15.7. The van der Waals surface area contributed by atoms with Crippen molar-refractivity contribution in [1.82, 2.24) is 0 Å². The standard InChI is InChI=1S/C16H15NO5/c1-10(16(20)13-4-2-3-5-14(13)18)15(19)11-6-8-12(9-7-11)17(21)22/h2-10,15,18-19H,1H3/t10-,15+/m1/s1. The van der Waals surface area contributed by atoms with Crippen LogP contribution in [0.15, 0.2) is 48.5 Å². The summed E-state index contributed by atoms with van der Waals surface area (Å²) in [6.07, 6.45) is -1.12. The van der Waals surface area contributed by atoms with Gasteiger partial charge in [0.15, 0.2) is 5.78 Å². The summed E-state index contributed by atoms with van der Waals surface area (Å²) in [5, 5.41) is 30.6. The lowest BCUT2D eigenvalue weighted by Gasteiger charge is -2.18. The fourth-order valence-electron chi connectivity index (χ4n) is 2.15. The number of aromatic hydroxyl groups is 1. The third kappa shape index (κ3) is 3.12. The number of phenolic OH excluding ortho intramolecular Hbond substituents is 1. The number of nitro benzene ring substituents is 1. The average molecular weight is 301 g/mol. The molecule has 0 heterocycles. The van der Waals surface area contributed by atoms with Crippen molar-refractivity contribution in [1.29, 1.82) is 0 Å². The number of ketones is 1. The molecule has 0 amide bonds. The van der Waals surface area contributed by atoms with E-state index in [0.29, 0.717) is 5.56 Å². The van der Waals surface area contributed by atoms with E-state index in [2.05, 4.69) is 0 Å². The number of Topliss-reactive ketones (excluding diaryl/α,β-unsaturated/α-hetero) is 1. The highest BCUT2D eigenvalue weighted by Crippen LogP contribution is 2.29. The van der Waals surface area contributed by atoms with E-state index < -0.39 is 22.7 Å². The van der Waals surface area contributed by atoms with Gasteiger partial charge in [0.2, 0.25) is 0 Å². The number of para-hydroxylation sites is 1. The van der Waals surface area contributed by atoms with Crippen molar-refractivity contribution in [2.75, 3.05) is 0 Å². The normalized spacial score (nSPS) is 13.4. The molecule has 6 heteroatoms. The molecule has 0 fully saturated rings. The first-order valence-corrected chi connectivity index (χ1v) is 6.66. The minimum absolute atomic E-state index is 0.0874. The number of benzene rings is 2. The number of nitrogens with zero attached hydrogens (tertiary/aromatic N) is 1. The van der Waals surface area contributed by atoms with Crippen molar-refractivity contribution in [2.24, 2.45) is 5.92 Å². The van der Waals surface area contributed by atoms with Gasteiger partial charge in [0.05, 0.1) is 16.6 Å². The van der Waals surface area contributed by atoms with Gasteiger partial charge in [-0.25, -0.2) is 0 Å². The van der Waals surface area contributed by atoms with E-state index in [1.165, 1.54) is 36.4 Å². The third-order valence-electron chi connectivity index (χ3n) is 3.50. The van der Waals surface area contributed by atoms with E-state index in [9.17, 15) is 25.1 Å². The van der Waals surface area contributed by atoms with Crippen LogP contribution in [0, 0.1) is 16.0 Å². The lowest BCUT2D eigenvalue weighted by Crippen LogP contribution is -2.19. The highest BCUT2D eigenvalue weighted by atomic mass is 16.6. The second-order valence-corrected chi connectivity index (χ2v) is 4.96. The van der Waals surface area contributed by atoms with Crippen molar-refractivity contribution in [3.63, 3.8) is 0 Å². The summed E-state index contributed by atoms with van der Waals surface area (Å²) < 4.78 is 0. The summed E-state index contributed by atoms with van der Waals surface area (Å²) in [6, 6.07) is 11.5. The van der Waals surface area contributed by atoms with Gasteiger partial charge in [0.25, 0.3) is 5.69 Å². The Bertz CT molecular complexity index is 696. The van der Waals surface area contributed by atoms with E-state index in [1.807, 2.05) is 0 Å². The molecule has 0 spiro atoms. The van der Waals surface area contributed by atoms with Crippen LogP contribution >= 0.6 is 0 Å². The Hall–Kier alpha value is -2.73. The summed E-state index contributed by atoms with van der Waals surface area (Å²) in [5.41, 5.74) is 0.452. The topological polar surface area (TPSA) is 101 Å². The smallest absolute Gasteiger partial charge is 0.269 e. The van der Waals surface area contributed by atoms with Crippen molar-refractivity contribution in [3.05, 3.63) is 69.8 Å². The lowest BCUT2D eigenvalue weighted by atomic mass is 9.90. The van der Waals surface area contributed by atoms with Gasteiger partial charge in [-0.05, 0) is 29.8 Å². The molecule has 2 rings (SSSR count). The summed E-state index contributed by atoms with van der Waals surface area (Å²) in [4.78, 5) is 22.4. The monoisotopic (exact) mass is 301 g/mol. The number of aliphatic hydroxyl groups is 1. The van der Waals surface area contributed by atoms with E-state index in [-0.39, 0.29) is 17.0 Å². The second kappa shape index (κ2) is 6.36. The summed E-state index contributed by atoms with van der Waals surface area (Å²) >= 11 is 0. The maximum Gasteiger partial charge on any atom is 0.269 e. The summed E-state index contributed by atoms with van der Waals surface area (Å²) in [6.45, 7) is 1.54. The first-order chi connectivity index (χ1) is 10.4. The van der Waals surface area contributed by atoms with E-state index in [0.717, 1.165) is 0 Å². The van der Waals surface area contributed by atoms with E-state index in [4.69, 9.17) is 0 Å². The highest BCUT2D eigenvalue weighted by Gasteiger charge is 2.26. The van der Waals surface area contributed by atoms with Crippen LogP contribution < -0.4 is 0 Å². The minimum atomic E-state index is -1.12. The van der Waals surface area contributed by atoms with Crippen molar-refractivity contribution in [3.8, 4) is 5.75 Å². The molecule has 0 aliphatic carbocycles. The predicted molar refractivity (Wildman–Crippen MR) is 79.7 cm³/mol. The number of hydrogen-bond donors (Lipinski definition) is 2. The van der Waals surface area contributed by atoms with Gasteiger partial charge in [-0.2, -0.15) is 0 Å². The molecule has 0 aromatic heterocycles. The molecule has 0 saturated carbocycles. The van der Waals surface area contributed by atoms with Crippen LogP contribution in [0.5, 0.6) is 5.75 Å². The minimum Gasteiger partial charge on any atom is -0.507 e.